The average molecular weight is 429 g/mol. The predicted molar refractivity (Wildman–Crippen MR) is 110 cm³/mol. The predicted octanol–water partition coefficient (Wildman–Crippen LogP) is 4.27. The summed E-state index contributed by atoms with van der Waals surface area (Å²) in [5.41, 5.74) is 3.47. The standard InChI is InChI=1S/C24H25F2NO4/c1-30-16-7-17(8-16)31-18-9-21(25)23(26)22(10-18)27-5-4-13-6-14(2-3-15(13)12-27)19-11-20(19)24(28)29/h2-3,6,9-10,16-17,19-20H,4-5,7-8,11-12H2,1H3,(H,28,29)/t16-,17-,19-,20+/m0/s1. The topological polar surface area (TPSA) is 59.0 Å². The molecule has 5 rings (SSSR count). The fraction of sp³-hybridized carbons (Fsp3) is 0.458. The zero-order valence-corrected chi connectivity index (χ0v) is 17.3. The van der Waals surface area contributed by atoms with Crippen molar-refractivity contribution in [3.63, 3.8) is 0 Å². The Labute approximate surface area is 179 Å². The fourth-order valence-corrected chi connectivity index (χ4v) is 4.69. The number of ether oxygens (including phenoxy) is 2. The smallest absolute Gasteiger partial charge is 0.307 e. The van der Waals surface area contributed by atoms with Crippen molar-refractivity contribution in [1.82, 2.24) is 0 Å². The van der Waals surface area contributed by atoms with Crippen LogP contribution in [0.4, 0.5) is 14.5 Å². The maximum Gasteiger partial charge on any atom is 0.307 e. The van der Waals surface area contributed by atoms with Crippen molar-refractivity contribution < 1.29 is 28.2 Å². The number of hydrogen-bond acceptors (Lipinski definition) is 4. The summed E-state index contributed by atoms with van der Waals surface area (Å²) in [6, 6.07) is 8.73. The van der Waals surface area contributed by atoms with Gasteiger partial charge in [-0.2, -0.15) is 0 Å². The van der Waals surface area contributed by atoms with Crippen molar-refractivity contribution in [2.75, 3.05) is 18.6 Å². The molecule has 1 aliphatic heterocycles. The molecule has 2 saturated carbocycles. The molecule has 1 heterocycles. The Kier molecular flexibility index (Phi) is 5.08. The van der Waals surface area contributed by atoms with Gasteiger partial charge in [0.1, 0.15) is 11.9 Å². The fourth-order valence-electron chi connectivity index (χ4n) is 4.69. The molecule has 2 atom stereocenters. The second-order valence-electron chi connectivity index (χ2n) is 8.79. The molecule has 0 amide bonds. The van der Waals surface area contributed by atoms with E-state index >= 15 is 0 Å². The quantitative estimate of drug-likeness (QED) is 0.743. The maximum atomic E-state index is 14.6. The third-order valence-electron chi connectivity index (χ3n) is 6.79. The molecular formula is C24H25F2NO4. The average Bonchev–Trinajstić information content (AvgIpc) is 3.53. The normalized spacial score (nSPS) is 26.7. The van der Waals surface area contributed by atoms with Crippen LogP contribution >= 0.6 is 0 Å². The minimum absolute atomic E-state index is 0.0415. The lowest BCUT2D eigenvalue weighted by atomic mass is 9.92. The van der Waals surface area contributed by atoms with Gasteiger partial charge < -0.3 is 19.5 Å². The minimum atomic E-state index is -0.912. The van der Waals surface area contributed by atoms with Gasteiger partial charge in [-0.3, -0.25) is 4.79 Å². The van der Waals surface area contributed by atoms with E-state index in [0.717, 1.165) is 35.6 Å². The molecule has 0 unspecified atom stereocenters. The highest BCUT2D eigenvalue weighted by Gasteiger charge is 2.44. The molecule has 164 valence electrons. The third-order valence-corrected chi connectivity index (χ3v) is 6.79. The van der Waals surface area contributed by atoms with Gasteiger partial charge in [0.15, 0.2) is 11.6 Å². The molecule has 31 heavy (non-hydrogen) atoms. The van der Waals surface area contributed by atoms with Gasteiger partial charge in [0.25, 0.3) is 0 Å². The first-order chi connectivity index (χ1) is 14.9. The Hall–Kier alpha value is -2.67. The Morgan fingerprint density at radius 2 is 1.90 bits per heavy atom. The highest BCUT2D eigenvalue weighted by molar-refractivity contribution is 5.75. The van der Waals surface area contributed by atoms with Crippen LogP contribution in [-0.4, -0.2) is 36.9 Å². The molecule has 5 nitrogen and oxygen atoms in total. The van der Waals surface area contributed by atoms with Gasteiger partial charge in [-0.1, -0.05) is 18.2 Å². The van der Waals surface area contributed by atoms with Gasteiger partial charge >= 0.3 is 5.97 Å². The summed E-state index contributed by atoms with van der Waals surface area (Å²) in [6.45, 7) is 1.02. The summed E-state index contributed by atoms with van der Waals surface area (Å²) in [5.74, 6) is -2.38. The second-order valence-corrected chi connectivity index (χ2v) is 8.79. The molecule has 0 aromatic heterocycles. The largest absolute Gasteiger partial charge is 0.490 e. The third kappa shape index (κ3) is 3.87. The van der Waals surface area contributed by atoms with Crippen LogP contribution in [0.1, 0.15) is 41.9 Å². The summed E-state index contributed by atoms with van der Waals surface area (Å²) in [5, 5.41) is 9.17. The number of methoxy groups -OCH3 is 1. The van der Waals surface area contributed by atoms with Crippen LogP contribution in [0.25, 0.3) is 0 Å². The van der Waals surface area contributed by atoms with E-state index in [-0.39, 0.29) is 29.7 Å². The van der Waals surface area contributed by atoms with Gasteiger partial charge in [0.05, 0.1) is 17.7 Å². The van der Waals surface area contributed by atoms with E-state index < -0.39 is 17.6 Å². The summed E-state index contributed by atoms with van der Waals surface area (Å²) in [4.78, 5) is 13.0. The highest BCUT2D eigenvalue weighted by Crippen LogP contribution is 2.48. The molecule has 0 spiro atoms. The molecule has 3 aliphatic rings. The summed E-state index contributed by atoms with van der Waals surface area (Å²) < 4.78 is 40.0. The number of carbonyl (C=O) groups is 1. The van der Waals surface area contributed by atoms with Crippen LogP contribution in [0.2, 0.25) is 0 Å². The number of nitrogens with zero attached hydrogens (tertiary/aromatic N) is 1. The van der Waals surface area contributed by atoms with E-state index in [0.29, 0.717) is 31.7 Å². The number of fused-ring (bicyclic) bond motifs is 1. The SMILES string of the molecule is CO[C@H]1C[C@H](Oc2cc(F)c(F)c(N3CCc4cc([C@@H]5C[C@H]5C(=O)O)ccc4C3)c2)C1. The zero-order valence-electron chi connectivity index (χ0n) is 17.3. The van der Waals surface area contributed by atoms with Crippen LogP contribution in [0.3, 0.4) is 0 Å². The number of hydrogen-bond donors (Lipinski definition) is 1. The van der Waals surface area contributed by atoms with Gasteiger partial charge in [-0.25, -0.2) is 8.78 Å². The van der Waals surface area contributed by atoms with Crippen LogP contribution in [0, 0.1) is 17.6 Å². The van der Waals surface area contributed by atoms with Crippen molar-refractivity contribution in [3.8, 4) is 5.75 Å². The van der Waals surface area contributed by atoms with Crippen LogP contribution in [0.15, 0.2) is 30.3 Å². The second kappa shape index (κ2) is 7.79. The molecule has 2 aliphatic carbocycles. The number of aliphatic carboxylic acids is 1. The molecule has 0 radical (unpaired) electrons. The lowest BCUT2D eigenvalue weighted by Crippen LogP contribution is -2.39. The highest BCUT2D eigenvalue weighted by atomic mass is 19.2. The molecule has 2 aromatic carbocycles. The molecule has 1 N–H and O–H groups in total. The van der Waals surface area contributed by atoms with Crippen molar-refractivity contribution >= 4 is 11.7 Å². The first kappa shape index (κ1) is 20.2. The number of halogens is 2. The van der Waals surface area contributed by atoms with Crippen LogP contribution < -0.4 is 9.64 Å². The van der Waals surface area contributed by atoms with E-state index in [1.807, 2.05) is 17.0 Å². The minimum Gasteiger partial charge on any atom is -0.490 e. The van der Waals surface area contributed by atoms with E-state index in [2.05, 4.69) is 6.07 Å². The van der Waals surface area contributed by atoms with Crippen molar-refractivity contribution in [3.05, 3.63) is 58.7 Å². The van der Waals surface area contributed by atoms with Gasteiger partial charge in [-0.15, -0.1) is 0 Å². The number of carboxylic acids is 1. The van der Waals surface area contributed by atoms with Gasteiger partial charge in [-0.05, 0) is 35.4 Å². The van der Waals surface area contributed by atoms with Crippen molar-refractivity contribution in [2.45, 2.75) is 50.4 Å². The molecule has 2 fully saturated rings. The zero-order chi connectivity index (χ0) is 21.7. The summed E-state index contributed by atoms with van der Waals surface area (Å²) in [6.07, 6.45) is 2.99. The molecular weight excluding hydrogens is 404 g/mol. The molecule has 0 saturated heterocycles. The number of rotatable bonds is 6. The van der Waals surface area contributed by atoms with Gasteiger partial charge in [0.2, 0.25) is 0 Å². The van der Waals surface area contributed by atoms with E-state index in [4.69, 9.17) is 14.6 Å². The van der Waals surface area contributed by atoms with Crippen LogP contribution in [-0.2, 0) is 22.5 Å². The Morgan fingerprint density at radius 1 is 1.10 bits per heavy atom. The Morgan fingerprint density at radius 3 is 2.61 bits per heavy atom. The monoisotopic (exact) mass is 429 g/mol. The van der Waals surface area contributed by atoms with E-state index in [1.54, 1.807) is 13.2 Å². The lowest BCUT2D eigenvalue weighted by Gasteiger charge is -2.35. The molecule has 2 aromatic rings. The number of carboxylic acid groups (broad SMARTS) is 1. The Balaban J connectivity index is 1.32. The van der Waals surface area contributed by atoms with Gasteiger partial charge in [0, 0.05) is 45.2 Å². The Bertz CT molecular complexity index is 1020. The number of benzene rings is 2. The lowest BCUT2D eigenvalue weighted by molar-refractivity contribution is -0.138. The molecule has 0 bridgehead atoms. The molecule has 7 heteroatoms. The van der Waals surface area contributed by atoms with E-state index in [1.165, 1.54) is 0 Å². The van der Waals surface area contributed by atoms with Crippen LogP contribution in [0.5, 0.6) is 5.75 Å². The first-order valence-electron chi connectivity index (χ1n) is 10.7. The maximum absolute atomic E-state index is 14.6. The first-order valence-corrected chi connectivity index (χ1v) is 10.7. The van der Waals surface area contributed by atoms with Crippen molar-refractivity contribution in [2.24, 2.45) is 5.92 Å². The van der Waals surface area contributed by atoms with Crippen molar-refractivity contribution in [1.29, 1.82) is 0 Å². The summed E-state index contributed by atoms with van der Waals surface area (Å²) >= 11 is 0. The van der Waals surface area contributed by atoms with E-state index in [9.17, 15) is 13.6 Å². The summed E-state index contributed by atoms with van der Waals surface area (Å²) in [7, 11) is 1.66. The number of anilines is 1.